The number of aliphatic hydroxyl groups excluding tert-OH is 1. The molecule has 1 spiro atoms. The Labute approximate surface area is 165 Å². The minimum Gasteiger partial charge on any atom is -0.392 e. The molecule has 0 aromatic heterocycles. The Bertz CT molecular complexity index is 857. The molecule has 3 amide bonds. The van der Waals surface area contributed by atoms with E-state index >= 15 is 0 Å². The van der Waals surface area contributed by atoms with Crippen LogP contribution in [0.5, 0.6) is 0 Å². The van der Waals surface area contributed by atoms with Crippen LogP contribution in [0.3, 0.4) is 0 Å². The molecular weight excluding hydrogens is 414 g/mol. The van der Waals surface area contributed by atoms with Crippen molar-refractivity contribution in [3.05, 3.63) is 28.2 Å². The van der Waals surface area contributed by atoms with Crippen molar-refractivity contribution in [3.63, 3.8) is 0 Å². The smallest absolute Gasteiger partial charge is 0.250 e. The normalized spacial score (nSPS) is 34.0. The lowest BCUT2D eigenvalue weighted by Gasteiger charge is -2.31. The van der Waals surface area contributed by atoms with Gasteiger partial charge in [-0.25, -0.2) is 0 Å². The van der Waals surface area contributed by atoms with Gasteiger partial charge in [-0.15, -0.1) is 0 Å². The Balaban J connectivity index is 1.92. The standard InChI is InChI=1S/C19H22BrN3O4/c1-4-8(2)23-16(25)13-14(17(23)26)19(22-15(13)9(3)24)11-7-10(20)5-6-12(11)21-18(19)27/h5-9,13-15,22,24H,4H2,1-3H3,(H,21,27). The highest BCUT2D eigenvalue weighted by molar-refractivity contribution is 9.10. The van der Waals surface area contributed by atoms with Crippen LogP contribution in [-0.4, -0.2) is 45.9 Å². The lowest BCUT2D eigenvalue weighted by Crippen LogP contribution is -2.55. The van der Waals surface area contributed by atoms with Gasteiger partial charge in [0.05, 0.1) is 17.9 Å². The molecule has 6 atom stereocenters. The topological polar surface area (TPSA) is 98.7 Å². The second kappa shape index (κ2) is 6.12. The Morgan fingerprint density at radius 1 is 1.26 bits per heavy atom. The number of hydrogen-bond acceptors (Lipinski definition) is 5. The van der Waals surface area contributed by atoms with E-state index in [4.69, 9.17) is 0 Å². The zero-order valence-corrected chi connectivity index (χ0v) is 16.9. The van der Waals surface area contributed by atoms with Crippen LogP contribution in [0.25, 0.3) is 0 Å². The van der Waals surface area contributed by atoms with Gasteiger partial charge in [-0.05, 0) is 38.5 Å². The van der Waals surface area contributed by atoms with Gasteiger partial charge in [0.2, 0.25) is 17.7 Å². The molecule has 0 aliphatic carbocycles. The predicted octanol–water partition coefficient (Wildman–Crippen LogP) is 1.35. The van der Waals surface area contributed by atoms with Gasteiger partial charge in [0.25, 0.3) is 0 Å². The average molecular weight is 436 g/mol. The van der Waals surface area contributed by atoms with E-state index < -0.39 is 29.5 Å². The van der Waals surface area contributed by atoms with Crippen molar-refractivity contribution in [2.45, 2.75) is 50.9 Å². The van der Waals surface area contributed by atoms with Crippen LogP contribution < -0.4 is 10.6 Å². The van der Waals surface area contributed by atoms with Gasteiger partial charge >= 0.3 is 0 Å². The number of hydrogen-bond donors (Lipinski definition) is 3. The molecule has 3 aliphatic heterocycles. The molecule has 2 fully saturated rings. The van der Waals surface area contributed by atoms with Gasteiger partial charge in [-0.2, -0.15) is 0 Å². The SMILES string of the molecule is CCC(C)N1C(=O)C2C(C(C)O)NC3(C(=O)Nc4ccc(Br)cc43)C2C1=O. The number of carbonyl (C=O) groups is 3. The maximum atomic E-state index is 13.4. The van der Waals surface area contributed by atoms with Crippen molar-refractivity contribution in [1.82, 2.24) is 10.2 Å². The first-order chi connectivity index (χ1) is 12.7. The highest BCUT2D eigenvalue weighted by Gasteiger charge is 2.71. The van der Waals surface area contributed by atoms with E-state index in [0.29, 0.717) is 17.7 Å². The first kappa shape index (κ1) is 18.6. The fraction of sp³-hybridized carbons (Fsp3) is 0.526. The third kappa shape index (κ3) is 2.30. The molecule has 7 nitrogen and oxygen atoms in total. The number of nitrogens with one attached hydrogen (secondary N) is 2. The molecule has 144 valence electrons. The number of anilines is 1. The Morgan fingerprint density at radius 3 is 2.59 bits per heavy atom. The van der Waals surface area contributed by atoms with Crippen LogP contribution in [0, 0.1) is 11.8 Å². The monoisotopic (exact) mass is 435 g/mol. The second-order valence-corrected chi connectivity index (χ2v) is 8.59. The molecule has 0 saturated carbocycles. The van der Waals surface area contributed by atoms with Crippen molar-refractivity contribution < 1.29 is 19.5 Å². The van der Waals surface area contributed by atoms with E-state index in [2.05, 4.69) is 26.6 Å². The van der Waals surface area contributed by atoms with Crippen LogP contribution in [0.15, 0.2) is 22.7 Å². The summed E-state index contributed by atoms with van der Waals surface area (Å²) in [7, 11) is 0. The molecule has 6 unspecified atom stereocenters. The van der Waals surface area contributed by atoms with E-state index in [1.165, 1.54) is 4.90 Å². The number of halogens is 1. The molecule has 27 heavy (non-hydrogen) atoms. The molecule has 0 bridgehead atoms. The van der Waals surface area contributed by atoms with Crippen LogP contribution in [0.4, 0.5) is 5.69 Å². The predicted molar refractivity (Wildman–Crippen MR) is 102 cm³/mol. The van der Waals surface area contributed by atoms with Gasteiger partial charge < -0.3 is 10.4 Å². The molecule has 3 heterocycles. The zero-order chi connectivity index (χ0) is 19.7. The van der Waals surface area contributed by atoms with Gasteiger partial charge in [0, 0.05) is 27.8 Å². The molecule has 1 aromatic carbocycles. The van der Waals surface area contributed by atoms with Crippen molar-refractivity contribution in [1.29, 1.82) is 0 Å². The number of rotatable bonds is 3. The van der Waals surface area contributed by atoms with E-state index in [0.717, 1.165) is 4.47 Å². The van der Waals surface area contributed by atoms with Gasteiger partial charge in [0.15, 0.2) is 0 Å². The van der Waals surface area contributed by atoms with Gasteiger partial charge in [-0.3, -0.25) is 24.6 Å². The van der Waals surface area contributed by atoms with E-state index in [9.17, 15) is 19.5 Å². The summed E-state index contributed by atoms with van der Waals surface area (Å²) < 4.78 is 0.770. The maximum absolute atomic E-state index is 13.4. The molecule has 4 rings (SSSR count). The molecule has 8 heteroatoms. The van der Waals surface area contributed by atoms with Crippen LogP contribution >= 0.6 is 15.9 Å². The number of likely N-dealkylation sites (tertiary alicyclic amines) is 1. The number of nitrogens with zero attached hydrogens (tertiary/aromatic N) is 1. The average Bonchev–Trinajstić information content (AvgIpc) is 3.20. The summed E-state index contributed by atoms with van der Waals surface area (Å²) in [6.07, 6.45) is -0.264. The van der Waals surface area contributed by atoms with E-state index in [-0.39, 0.29) is 23.8 Å². The van der Waals surface area contributed by atoms with Gasteiger partial charge in [0.1, 0.15) is 5.54 Å². The fourth-order valence-corrected chi connectivity index (χ4v) is 5.12. The first-order valence-corrected chi connectivity index (χ1v) is 9.97. The van der Waals surface area contributed by atoms with Gasteiger partial charge in [-0.1, -0.05) is 22.9 Å². The Hall–Kier alpha value is -1.77. The lowest BCUT2D eigenvalue weighted by molar-refractivity contribution is -0.145. The van der Waals surface area contributed by atoms with Crippen molar-refractivity contribution in [2.24, 2.45) is 11.8 Å². The number of amides is 3. The molecular formula is C19H22BrN3O4. The largest absolute Gasteiger partial charge is 0.392 e. The molecule has 2 saturated heterocycles. The summed E-state index contributed by atoms with van der Waals surface area (Å²) in [6, 6.07) is 4.44. The highest BCUT2D eigenvalue weighted by Crippen LogP contribution is 2.54. The molecule has 1 aromatic rings. The molecule has 3 N–H and O–H groups in total. The minimum atomic E-state index is -1.36. The molecule has 3 aliphatic rings. The summed E-state index contributed by atoms with van der Waals surface area (Å²) in [5, 5.41) is 16.4. The number of fused-ring (bicyclic) bond motifs is 4. The van der Waals surface area contributed by atoms with Crippen molar-refractivity contribution in [2.75, 3.05) is 5.32 Å². The highest BCUT2D eigenvalue weighted by atomic mass is 79.9. The minimum absolute atomic E-state index is 0.256. The van der Waals surface area contributed by atoms with Crippen LogP contribution in [0.1, 0.15) is 32.8 Å². The summed E-state index contributed by atoms with van der Waals surface area (Å²) in [4.78, 5) is 40.9. The summed E-state index contributed by atoms with van der Waals surface area (Å²) in [5.74, 6) is -2.68. The van der Waals surface area contributed by atoms with Crippen LogP contribution in [-0.2, 0) is 19.9 Å². The summed E-state index contributed by atoms with van der Waals surface area (Å²) in [6.45, 7) is 5.31. The van der Waals surface area contributed by atoms with Crippen LogP contribution in [0.2, 0.25) is 0 Å². The summed E-state index contributed by atoms with van der Waals surface area (Å²) >= 11 is 3.43. The third-order valence-corrected chi connectivity index (χ3v) is 6.69. The lowest BCUT2D eigenvalue weighted by atomic mass is 9.76. The fourth-order valence-electron chi connectivity index (χ4n) is 4.76. The Kier molecular flexibility index (Phi) is 4.21. The number of aliphatic hydroxyl groups is 1. The third-order valence-electron chi connectivity index (χ3n) is 6.20. The number of carbonyl (C=O) groups excluding carboxylic acids is 3. The number of benzene rings is 1. The Morgan fingerprint density at radius 2 is 1.96 bits per heavy atom. The van der Waals surface area contributed by atoms with E-state index in [1.54, 1.807) is 19.1 Å². The maximum Gasteiger partial charge on any atom is 0.250 e. The van der Waals surface area contributed by atoms with Crippen molar-refractivity contribution >= 4 is 39.3 Å². The van der Waals surface area contributed by atoms with E-state index in [1.807, 2.05) is 19.9 Å². The number of imide groups is 1. The van der Waals surface area contributed by atoms with Crippen molar-refractivity contribution in [3.8, 4) is 0 Å². The summed E-state index contributed by atoms with van der Waals surface area (Å²) in [5.41, 5.74) is -0.115. The second-order valence-electron chi connectivity index (χ2n) is 7.67. The first-order valence-electron chi connectivity index (χ1n) is 9.18. The quantitative estimate of drug-likeness (QED) is 0.622. The molecule has 0 radical (unpaired) electrons. The zero-order valence-electron chi connectivity index (χ0n) is 15.3.